The molecular weight excluding hydrogens is 216 g/mol. The van der Waals surface area contributed by atoms with Crippen molar-refractivity contribution in [2.75, 3.05) is 13.7 Å². The third-order valence-electron chi connectivity index (χ3n) is 3.89. The van der Waals surface area contributed by atoms with Gasteiger partial charge in [-0.2, -0.15) is 0 Å². The molecule has 3 heteroatoms. The third kappa shape index (κ3) is 3.32. The van der Waals surface area contributed by atoms with Gasteiger partial charge in [-0.15, -0.1) is 0 Å². The fraction of sp³-hybridized carbons (Fsp3) is 0.786. The number of allylic oxidation sites excluding steroid dienone is 2. The zero-order valence-corrected chi connectivity index (χ0v) is 10.7. The van der Waals surface area contributed by atoms with Crippen molar-refractivity contribution in [3.05, 3.63) is 12.2 Å². The van der Waals surface area contributed by atoms with E-state index < -0.39 is 0 Å². The first-order valence-corrected chi connectivity index (χ1v) is 6.56. The maximum Gasteiger partial charge on any atom is 0.335 e. The maximum absolute atomic E-state index is 11.6. The van der Waals surface area contributed by atoms with E-state index in [1.807, 2.05) is 0 Å². The lowest BCUT2D eigenvalue weighted by Crippen LogP contribution is -2.31. The highest BCUT2D eigenvalue weighted by Crippen LogP contribution is 2.36. The van der Waals surface area contributed by atoms with E-state index in [1.54, 1.807) is 0 Å². The molecule has 1 fully saturated rings. The minimum Gasteiger partial charge on any atom is -0.467 e. The lowest BCUT2D eigenvalue weighted by atomic mass is 9.85. The number of carbonyl (C=O) groups excluding carboxylic acids is 1. The maximum atomic E-state index is 11.6. The van der Waals surface area contributed by atoms with Crippen LogP contribution >= 0.6 is 0 Å². The molecule has 96 valence electrons. The Morgan fingerprint density at radius 1 is 1.35 bits per heavy atom. The van der Waals surface area contributed by atoms with Gasteiger partial charge in [-0.3, -0.25) is 0 Å². The van der Waals surface area contributed by atoms with Gasteiger partial charge in [0, 0.05) is 0 Å². The molecule has 3 atom stereocenters. The summed E-state index contributed by atoms with van der Waals surface area (Å²) in [6.45, 7) is 2.93. The Bertz CT molecular complexity index is 294. The van der Waals surface area contributed by atoms with Crippen molar-refractivity contribution in [1.29, 1.82) is 0 Å². The molecule has 2 rings (SSSR count). The molecule has 0 spiro atoms. The molecule has 3 nitrogen and oxygen atoms in total. The zero-order valence-electron chi connectivity index (χ0n) is 10.7. The number of esters is 1. The van der Waals surface area contributed by atoms with E-state index in [9.17, 15) is 4.79 Å². The van der Waals surface area contributed by atoms with Crippen LogP contribution in [-0.2, 0) is 14.3 Å². The van der Waals surface area contributed by atoms with Crippen LogP contribution in [0.5, 0.6) is 0 Å². The van der Waals surface area contributed by atoms with E-state index in [2.05, 4.69) is 19.1 Å². The van der Waals surface area contributed by atoms with Crippen molar-refractivity contribution in [3.63, 3.8) is 0 Å². The van der Waals surface area contributed by atoms with Crippen LogP contribution in [0, 0.1) is 17.8 Å². The number of hydrogen-bond donors (Lipinski definition) is 0. The predicted octanol–water partition coefficient (Wildman–Crippen LogP) is 2.56. The van der Waals surface area contributed by atoms with Crippen LogP contribution in [0.2, 0.25) is 0 Å². The molecule has 0 aromatic rings. The largest absolute Gasteiger partial charge is 0.467 e. The summed E-state index contributed by atoms with van der Waals surface area (Å²) < 4.78 is 10.6. The second-order valence-corrected chi connectivity index (χ2v) is 5.29. The smallest absolute Gasteiger partial charge is 0.335 e. The molecule has 0 amide bonds. The van der Waals surface area contributed by atoms with Gasteiger partial charge in [-0.05, 0) is 43.4 Å². The van der Waals surface area contributed by atoms with Gasteiger partial charge in [0.05, 0.1) is 13.7 Å². The summed E-state index contributed by atoms with van der Waals surface area (Å²) in [7, 11) is 1.44. The molecule has 0 heterocycles. The second kappa shape index (κ2) is 5.67. The Balaban J connectivity index is 1.82. The number of rotatable bonds is 5. The van der Waals surface area contributed by atoms with Crippen LogP contribution in [-0.4, -0.2) is 25.8 Å². The number of ether oxygens (including phenoxy) is 2. The number of methoxy groups -OCH3 is 1. The van der Waals surface area contributed by atoms with Gasteiger partial charge in [0.25, 0.3) is 0 Å². The molecule has 0 aromatic heterocycles. The topological polar surface area (TPSA) is 35.5 Å². The van der Waals surface area contributed by atoms with E-state index in [0.29, 0.717) is 24.4 Å². The summed E-state index contributed by atoms with van der Waals surface area (Å²) in [5.74, 6) is 1.40. The first-order valence-electron chi connectivity index (χ1n) is 6.56. The SMILES string of the molecule is COC(=O)C(OCC1CC=CCC1C)C1CC1. The van der Waals surface area contributed by atoms with Gasteiger partial charge < -0.3 is 9.47 Å². The highest BCUT2D eigenvalue weighted by atomic mass is 16.6. The van der Waals surface area contributed by atoms with Crippen LogP contribution in [0.15, 0.2) is 12.2 Å². The average Bonchev–Trinajstić information content (AvgIpc) is 3.15. The van der Waals surface area contributed by atoms with Crippen molar-refractivity contribution in [1.82, 2.24) is 0 Å². The molecule has 0 saturated heterocycles. The van der Waals surface area contributed by atoms with Crippen LogP contribution in [0.3, 0.4) is 0 Å². The predicted molar refractivity (Wildman–Crippen MR) is 65.5 cm³/mol. The van der Waals surface area contributed by atoms with Crippen molar-refractivity contribution in [2.24, 2.45) is 17.8 Å². The van der Waals surface area contributed by atoms with Crippen LogP contribution in [0.1, 0.15) is 32.6 Å². The fourth-order valence-corrected chi connectivity index (χ4v) is 2.38. The average molecular weight is 238 g/mol. The van der Waals surface area contributed by atoms with E-state index in [4.69, 9.17) is 9.47 Å². The second-order valence-electron chi connectivity index (χ2n) is 5.29. The van der Waals surface area contributed by atoms with Gasteiger partial charge in [0.1, 0.15) is 0 Å². The van der Waals surface area contributed by atoms with Gasteiger partial charge in [-0.25, -0.2) is 4.79 Å². The van der Waals surface area contributed by atoms with Gasteiger partial charge >= 0.3 is 5.97 Å². The summed E-state index contributed by atoms with van der Waals surface area (Å²) in [5.41, 5.74) is 0. The third-order valence-corrected chi connectivity index (χ3v) is 3.89. The molecule has 17 heavy (non-hydrogen) atoms. The number of carbonyl (C=O) groups is 1. The van der Waals surface area contributed by atoms with Crippen LogP contribution < -0.4 is 0 Å². The monoisotopic (exact) mass is 238 g/mol. The number of hydrogen-bond acceptors (Lipinski definition) is 3. The molecule has 2 aliphatic carbocycles. The molecule has 0 bridgehead atoms. The normalized spacial score (nSPS) is 30.0. The van der Waals surface area contributed by atoms with Gasteiger partial charge in [0.15, 0.2) is 6.10 Å². The van der Waals surface area contributed by atoms with Gasteiger partial charge in [0.2, 0.25) is 0 Å². The molecular formula is C14H22O3. The Morgan fingerprint density at radius 2 is 2.06 bits per heavy atom. The Labute approximate surface area is 103 Å². The summed E-state index contributed by atoms with van der Waals surface area (Å²) >= 11 is 0. The van der Waals surface area contributed by atoms with Gasteiger partial charge in [-0.1, -0.05) is 19.1 Å². The van der Waals surface area contributed by atoms with Crippen molar-refractivity contribution >= 4 is 5.97 Å². The highest BCUT2D eigenvalue weighted by Gasteiger charge is 2.38. The molecule has 0 radical (unpaired) electrons. The van der Waals surface area contributed by atoms with E-state index in [1.165, 1.54) is 7.11 Å². The lowest BCUT2D eigenvalue weighted by Gasteiger charge is -2.26. The first kappa shape index (κ1) is 12.6. The van der Waals surface area contributed by atoms with Crippen molar-refractivity contribution in [2.45, 2.75) is 38.7 Å². The first-order chi connectivity index (χ1) is 8.22. The standard InChI is InChI=1S/C14H22O3/c1-10-5-3-4-6-12(10)9-17-13(11-7-8-11)14(15)16-2/h3-4,10-13H,5-9H2,1-2H3. The summed E-state index contributed by atoms with van der Waals surface area (Å²) in [6, 6.07) is 0. The Morgan fingerprint density at radius 3 is 2.65 bits per heavy atom. The van der Waals surface area contributed by atoms with E-state index in [0.717, 1.165) is 25.7 Å². The Kier molecular flexibility index (Phi) is 4.21. The minimum atomic E-state index is -0.321. The highest BCUT2D eigenvalue weighted by molar-refractivity contribution is 5.75. The minimum absolute atomic E-state index is 0.202. The van der Waals surface area contributed by atoms with Crippen molar-refractivity contribution in [3.8, 4) is 0 Å². The van der Waals surface area contributed by atoms with E-state index >= 15 is 0 Å². The quantitative estimate of drug-likeness (QED) is 0.545. The lowest BCUT2D eigenvalue weighted by molar-refractivity contribution is -0.157. The van der Waals surface area contributed by atoms with E-state index in [-0.39, 0.29) is 12.1 Å². The summed E-state index contributed by atoms with van der Waals surface area (Å²) in [6.07, 6.45) is 8.52. The Hall–Kier alpha value is -0.830. The molecule has 0 aromatic carbocycles. The summed E-state index contributed by atoms with van der Waals surface area (Å²) in [5, 5.41) is 0. The summed E-state index contributed by atoms with van der Waals surface area (Å²) in [4.78, 5) is 11.6. The van der Waals surface area contributed by atoms with Crippen LogP contribution in [0.4, 0.5) is 0 Å². The molecule has 0 aliphatic heterocycles. The zero-order chi connectivity index (χ0) is 12.3. The fourth-order valence-electron chi connectivity index (χ4n) is 2.38. The molecule has 3 unspecified atom stereocenters. The van der Waals surface area contributed by atoms with Crippen LogP contribution in [0.25, 0.3) is 0 Å². The molecule has 0 N–H and O–H groups in total. The molecule has 2 aliphatic rings. The van der Waals surface area contributed by atoms with Crippen molar-refractivity contribution < 1.29 is 14.3 Å². The molecule has 1 saturated carbocycles.